The van der Waals surface area contributed by atoms with Crippen LogP contribution in [0.3, 0.4) is 0 Å². The Balaban J connectivity index is 2.16. The molecule has 1 rings (SSSR count). The van der Waals surface area contributed by atoms with Crippen molar-refractivity contribution >= 4 is 0 Å². The van der Waals surface area contributed by atoms with Gasteiger partial charge in [0, 0.05) is 0 Å². The smallest absolute Gasteiger partial charge is 0.115 e. The van der Waals surface area contributed by atoms with Gasteiger partial charge in [-0.2, -0.15) is 0 Å². The summed E-state index contributed by atoms with van der Waals surface area (Å²) in [4.78, 5) is 0. The minimum absolute atomic E-state index is 0.362. The highest BCUT2D eigenvalue weighted by atomic mass is 16.3. The van der Waals surface area contributed by atoms with Gasteiger partial charge in [0.2, 0.25) is 0 Å². The van der Waals surface area contributed by atoms with Crippen LogP contribution >= 0.6 is 0 Å². The summed E-state index contributed by atoms with van der Waals surface area (Å²) in [5.41, 5.74) is 1.34. The van der Waals surface area contributed by atoms with Crippen molar-refractivity contribution in [1.82, 2.24) is 0 Å². The molecule has 1 N–H and O–H groups in total. The summed E-state index contributed by atoms with van der Waals surface area (Å²) in [6, 6.07) is 7.62. The van der Waals surface area contributed by atoms with Crippen LogP contribution in [-0.2, 0) is 6.42 Å². The number of hydrogen-bond donors (Lipinski definition) is 1. The Morgan fingerprint density at radius 1 is 1.00 bits per heavy atom. The molecule has 96 valence electrons. The third kappa shape index (κ3) is 6.35. The number of aromatic hydroxyl groups is 1. The van der Waals surface area contributed by atoms with Gasteiger partial charge in [-0.05, 0) is 30.0 Å². The van der Waals surface area contributed by atoms with Crippen LogP contribution in [0, 0.1) is 5.92 Å². The van der Waals surface area contributed by atoms with E-state index in [1.54, 1.807) is 12.1 Å². The van der Waals surface area contributed by atoms with E-state index < -0.39 is 0 Å². The Morgan fingerprint density at radius 3 is 2.29 bits per heavy atom. The molecule has 1 heteroatoms. The summed E-state index contributed by atoms with van der Waals surface area (Å²) in [7, 11) is 0. The van der Waals surface area contributed by atoms with Crippen LogP contribution in [0.1, 0.15) is 57.9 Å². The Labute approximate surface area is 106 Å². The maximum Gasteiger partial charge on any atom is 0.115 e. The maximum atomic E-state index is 9.21. The number of unbranched alkanes of at least 4 members (excludes halogenated alkanes) is 4. The molecule has 0 fully saturated rings. The average Bonchev–Trinajstić information content (AvgIpc) is 2.32. The molecule has 0 aliphatic carbocycles. The lowest BCUT2D eigenvalue weighted by Crippen LogP contribution is -1.99. The number of phenolic OH excluding ortho intramolecular Hbond substituents is 1. The van der Waals surface area contributed by atoms with Crippen LogP contribution in [0.25, 0.3) is 0 Å². The predicted molar refractivity (Wildman–Crippen MR) is 74.4 cm³/mol. The van der Waals surface area contributed by atoms with Crippen molar-refractivity contribution in [3.63, 3.8) is 0 Å². The minimum atomic E-state index is 0.362. The molecule has 0 spiro atoms. The molecule has 0 saturated carbocycles. The molecule has 0 heterocycles. The van der Waals surface area contributed by atoms with Gasteiger partial charge in [-0.1, -0.05) is 64.5 Å². The first-order valence-corrected chi connectivity index (χ1v) is 7.00. The van der Waals surface area contributed by atoms with Gasteiger partial charge in [-0.25, -0.2) is 0 Å². The van der Waals surface area contributed by atoms with Gasteiger partial charge < -0.3 is 5.11 Å². The zero-order chi connectivity index (χ0) is 12.5. The van der Waals surface area contributed by atoms with Crippen molar-refractivity contribution < 1.29 is 5.11 Å². The molecule has 1 unspecified atom stereocenters. The van der Waals surface area contributed by atoms with Gasteiger partial charge in [0.15, 0.2) is 0 Å². The highest BCUT2D eigenvalue weighted by molar-refractivity contribution is 5.26. The van der Waals surface area contributed by atoms with E-state index >= 15 is 0 Å². The molecular formula is C16H26O. The number of rotatable bonds is 8. The topological polar surface area (TPSA) is 20.2 Å². The summed E-state index contributed by atoms with van der Waals surface area (Å²) in [5, 5.41) is 9.21. The summed E-state index contributed by atoms with van der Waals surface area (Å²) < 4.78 is 0. The molecule has 0 bridgehead atoms. The first kappa shape index (κ1) is 14.1. The Bertz CT molecular complexity index is 289. The molecule has 1 aromatic carbocycles. The summed E-state index contributed by atoms with van der Waals surface area (Å²) >= 11 is 0. The van der Waals surface area contributed by atoms with Crippen molar-refractivity contribution in [3.8, 4) is 5.75 Å². The second-order valence-corrected chi connectivity index (χ2v) is 5.18. The van der Waals surface area contributed by atoms with Gasteiger partial charge in [0.25, 0.3) is 0 Å². The molecular weight excluding hydrogens is 208 g/mol. The van der Waals surface area contributed by atoms with Crippen LogP contribution in [0.15, 0.2) is 24.3 Å². The van der Waals surface area contributed by atoms with E-state index in [0.29, 0.717) is 5.75 Å². The van der Waals surface area contributed by atoms with Gasteiger partial charge in [0.05, 0.1) is 0 Å². The predicted octanol–water partition coefficient (Wildman–Crippen LogP) is 4.93. The Morgan fingerprint density at radius 2 is 1.65 bits per heavy atom. The number of hydrogen-bond acceptors (Lipinski definition) is 1. The minimum Gasteiger partial charge on any atom is -0.508 e. The molecule has 0 radical (unpaired) electrons. The molecule has 1 atom stereocenters. The third-order valence-electron chi connectivity index (χ3n) is 3.32. The Hall–Kier alpha value is -0.980. The molecule has 1 aromatic rings. The van der Waals surface area contributed by atoms with Crippen LogP contribution < -0.4 is 0 Å². The van der Waals surface area contributed by atoms with Crippen LogP contribution in [0.2, 0.25) is 0 Å². The fourth-order valence-corrected chi connectivity index (χ4v) is 2.23. The first-order chi connectivity index (χ1) is 8.22. The number of benzene rings is 1. The van der Waals surface area contributed by atoms with Gasteiger partial charge in [-0.3, -0.25) is 0 Å². The number of phenols is 1. The molecule has 17 heavy (non-hydrogen) atoms. The SMILES string of the molecule is CCCCCCCC(C)Cc1ccc(O)cc1. The monoisotopic (exact) mass is 234 g/mol. The first-order valence-electron chi connectivity index (χ1n) is 7.00. The summed E-state index contributed by atoms with van der Waals surface area (Å²) in [5.74, 6) is 1.11. The second kappa shape index (κ2) is 8.16. The second-order valence-electron chi connectivity index (χ2n) is 5.18. The highest BCUT2D eigenvalue weighted by Gasteiger charge is 2.03. The van der Waals surface area contributed by atoms with Crippen LogP contribution in [0.5, 0.6) is 5.75 Å². The molecule has 0 aliphatic heterocycles. The largest absolute Gasteiger partial charge is 0.508 e. The fourth-order valence-electron chi connectivity index (χ4n) is 2.23. The van der Waals surface area contributed by atoms with E-state index in [4.69, 9.17) is 0 Å². The zero-order valence-electron chi connectivity index (χ0n) is 11.3. The zero-order valence-corrected chi connectivity index (χ0v) is 11.3. The van der Waals surface area contributed by atoms with Crippen molar-refractivity contribution in [1.29, 1.82) is 0 Å². The van der Waals surface area contributed by atoms with E-state index in [0.717, 1.165) is 12.3 Å². The van der Waals surface area contributed by atoms with Gasteiger partial charge in [0.1, 0.15) is 5.75 Å². The molecule has 0 aromatic heterocycles. The van der Waals surface area contributed by atoms with Gasteiger partial charge in [-0.15, -0.1) is 0 Å². The van der Waals surface area contributed by atoms with Crippen molar-refractivity contribution in [2.45, 2.75) is 58.8 Å². The van der Waals surface area contributed by atoms with Gasteiger partial charge >= 0.3 is 0 Å². The van der Waals surface area contributed by atoms with Crippen LogP contribution in [-0.4, -0.2) is 5.11 Å². The van der Waals surface area contributed by atoms with Crippen molar-refractivity contribution in [2.24, 2.45) is 5.92 Å². The van der Waals surface area contributed by atoms with E-state index in [-0.39, 0.29) is 0 Å². The lowest BCUT2D eigenvalue weighted by Gasteiger charge is -2.11. The van der Waals surface area contributed by atoms with E-state index in [9.17, 15) is 5.11 Å². The summed E-state index contributed by atoms with van der Waals surface area (Å²) in [6.45, 7) is 4.58. The third-order valence-corrected chi connectivity index (χ3v) is 3.32. The van der Waals surface area contributed by atoms with E-state index in [2.05, 4.69) is 13.8 Å². The lowest BCUT2D eigenvalue weighted by atomic mass is 9.95. The van der Waals surface area contributed by atoms with Crippen LogP contribution in [0.4, 0.5) is 0 Å². The fraction of sp³-hybridized carbons (Fsp3) is 0.625. The quantitative estimate of drug-likeness (QED) is 0.632. The molecule has 0 aliphatic rings. The highest BCUT2D eigenvalue weighted by Crippen LogP contribution is 2.18. The van der Waals surface area contributed by atoms with E-state index in [1.165, 1.54) is 44.1 Å². The molecule has 1 nitrogen and oxygen atoms in total. The van der Waals surface area contributed by atoms with Crippen molar-refractivity contribution in [3.05, 3.63) is 29.8 Å². The molecule has 0 amide bonds. The Kier molecular flexibility index (Phi) is 6.76. The van der Waals surface area contributed by atoms with Crippen molar-refractivity contribution in [2.75, 3.05) is 0 Å². The normalized spacial score (nSPS) is 12.6. The average molecular weight is 234 g/mol. The standard InChI is InChI=1S/C16H26O/c1-3-4-5-6-7-8-14(2)13-15-9-11-16(17)12-10-15/h9-12,14,17H,3-8,13H2,1-2H3. The molecule has 0 saturated heterocycles. The summed E-state index contributed by atoms with van der Waals surface area (Å²) in [6.07, 6.45) is 9.30. The maximum absolute atomic E-state index is 9.21. The van der Waals surface area contributed by atoms with E-state index in [1.807, 2.05) is 12.1 Å². The lowest BCUT2D eigenvalue weighted by molar-refractivity contribution is 0.472.